The molecule has 0 bridgehead atoms. The molecule has 0 aliphatic carbocycles. The predicted octanol–water partition coefficient (Wildman–Crippen LogP) is 5.38. The quantitative estimate of drug-likeness (QED) is 0.233. The molecule has 0 saturated carbocycles. The van der Waals surface area contributed by atoms with Gasteiger partial charge in [-0.1, -0.05) is 28.9 Å². The van der Waals surface area contributed by atoms with E-state index in [-0.39, 0.29) is 12.1 Å². The van der Waals surface area contributed by atoms with Crippen LogP contribution < -0.4 is 10.1 Å². The lowest BCUT2D eigenvalue weighted by atomic mass is 10.1. The number of carbonyl (C=O) groups excluding carboxylic acids is 1. The van der Waals surface area contributed by atoms with Gasteiger partial charge in [-0.15, -0.1) is 0 Å². The standard InChI is InChI=1S/C26H29ClN4O4/c1-5-33-23(32)11-12-28-14-18-15-31(4)24-19(18)7-6-8-20(24)25-29-26(35-30-25)17-9-10-22(21(27)13-17)34-16(2)3/h6-10,13,15-16,28H,5,11-12,14H2,1-4H3. The van der Waals surface area contributed by atoms with Crippen molar-refractivity contribution in [2.45, 2.75) is 39.8 Å². The Balaban J connectivity index is 1.55. The van der Waals surface area contributed by atoms with Gasteiger partial charge in [-0.05, 0) is 50.6 Å². The molecular formula is C26H29ClN4O4. The van der Waals surface area contributed by atoms with E-state index in [1.807, 2.05) is 39.1 Å². The van der Waals surface area contributed by atoms with Crippen LogP contribution in [-0.4, -0.2) is 39.9 Å². The highest BCUT2D eigenvalue weighted by Gasteiger charge is 2.18. The second-order valence-electron chi connectivity index (χ2n) is 8.43. The van der Waals surface area contributed by atoms with E-state index in [9.17, 15) is 4.79 Å². The van der Waals surface area contributed by atoms with E-state index >= 15 is 0 Å². The first kappa shape index (κ1) is 24.8. The van der Waals surface area contributed by atoms with Gasteiger partial charge in [-0.3, -0.25) is 4.79 Å². The Morgan fingerprint density at radius 1 is 1.26 bits per heavy atom. The Labute approximate surface area is 209 Å². The second-order valence-corrected chi connectivity index (χ2v) is 8.84. The van der Waals surface area contributed by atoms with Crippen molar-refractivity contribution in [3.8, 4) is 28.6 Å². The molecule has 0 radical (unpaired) electrons. The number of esters is 1. The van der Waals surface area contributed by atoms with Crippen molar-refractivity contribution in [3.63, 3.8) is 0 Å². The van der Waals surface area contributed by atoms with E-state index in [1.54, 1.807) is 19.1 Å². The van der Waals surface area contributed by atoms with Crippen molar-refractivity contribution < 1.29 is 18.8 Å². The third-order valence-electron chi connectivity index (χ3n) is 5.42. The number of benzene rings is 2. The third-order valence-corrected chi connectivity index (χ3v) is 5.71. The van der Waals surface area contributed by atoms with E-state index in [0.717, 1.165) is 27.6 Å². The maximum atomic E-state index is 11.6. The van der Waals surface area contributed by atoms with E-state index in [0.29, 0.717) is 48.6 Å². The van der Waals surface area contributed by atoms with Crippen LogP contribution in [0.15, 0.2) is 47.1 Å². The average molecular weight is 497 g/mol. The highest BCUT2D eigenvalue weighted by atomic mass is 35.5. The number of para-hydroxylation sites is 1. The van der Waals surface area contributed by atoms with Crippen molar-refractivity contribution in [1.29, 1.82) is 0 Å². The van der Waals surface area contributed by atoms with Crippen LogP contribution in [0.25, 0.3) is 33.7 Å². The molecule has 2 aromatic carbocycles. The average Bonchev–Trinajstić information content (AvgIpc) is 3.43. The molecule has 0 fully saturated rings. The lowest BCUT2D eigenvalue weighted by Crippen LogP contribution is -2.18. The Hall–Kier alpha value is -3.36. The summed E-state index contributed by atoms with van der Waals surface area (Å²) in [6.07, 6.45) is 2.43. The fourth-order valence-electron chi connectivity index (χ4n) is 3.95. The van der Waals surface area contributed by atoms with Gasteiger partial charge >= 0.3 is 5.97 Å². The molecule has 8 nitrogen and oxygen atoms in total. The molecule has 0 unspecified atom stereocenters. The lowest BCUT2D eigenvalue weighted by Gasteiger charge is -2.11. The van der Waals surface area contributed by atoms with Crippen LogP contribution in [0.2, 0.25) is 5.02 Å². The van der Waals surface area contributed by atoms with Gasteiger partial charge in [0.1, 0.15) is 5.75 Å². The molecule has 0 spiro atoms. The number of rotatable bonds is 10. The van der Waals surface area contributed by atoms with Gasteiger partial charge in [0.05, 0.1) is 29.7 Å². The van der Waals surface area contributed by atoms with E-state index in [2.05, 4.69) is 32.3 Å². The summed E-state index contributed by atoms with van der Waals surface area (Å²) >= 11 is 6.38. The molecule has 0 atom stereocenters. The summed E-state index contributed by atoms with van der Waals surface area (Å²) in [7, 11) is 1.99. The van der Waals surface area contributed by atoms with Crippen molar-refractivity contribution in [1.82, 2.24) is 20.0 Å². The molecule has 0 aliphatic rings. The van der Waals surface area contributed by atoms with Gasteiger partial charge in [-0.2, -0.15) is 4.98 Å². The molecule has 4 rings (SSSR count). The number of nitrogens with one attached hydrogen (secondary N) is 1. The van der Waals surface area contributed by atoms with Crippen LogP contribution in [0.3, 0.4) is 0 Å². The Bertz CT molecular complexity index is 1330. The maximum absolute atomic E-state index is 11.6. The van der Waals surface area contributed by atoms with E-state index in [4.69, 9.17) is 25.6 Å². The highest BCUT2D eigenvalue weighted by Crippen LogP contribution is 2.33. The molecular weight excluding hydrogens is 468 g/mol. The summed E-state index contributed by atoms with van der Waals surface area (Å²) < 4.78 is 18.3. The zero-order valence-electron chi connectivity index (χ0n) is 20.3. The molecule has 2 aromatic heterocycles. The first-order chi connectivity index (χ1) is 16.9. The molecule has 184 valence electrons. The smallest absolute Gasteiger partial charge is 0.307 e. The summed E-state index contributed by atoms with van der Waals surface area (Å²) in [5, 5.41) is 9.12. The predicted molar refractivity (Wildman–Crippen MR) is 135 cm³/mol. The van der Waals surface area contributed by atoms with Crippen molar-refractivity contribution in [3.05, 3.63) is 53.2 Å². The lowest BCUT2D eigenvalue weighted by molar-refractivity contribution is -0.142. The number of nitrogens with zero attached hydrogens (tertiary/aromatic N) is 3. The number of halogens is 1. The van der Waals surface area contributed by atoms with Crippen LogP contribution in [0.5, 0.6) is 5.75 Å². The maximum Gasteiger partial charge on any atom is 0.307 e. The van der Waals surface area contributed by atoms with Crippen LogP contribution in [0.1, 0.15) is 32.8 Å². The molecule has 0 aliphatic heterocycles. The third kappa shape index (κ3) is 5.66. The minimum absolute atomic E-state index is 0.0248. The van der Waals surface area contributed by atoms with Gasteiger partial charge in [0.2, 0.25) is 5.82 Å². The number of carbonyl (C=O) groups is 1. The molecule has 35 heavy (non-hydrogen) atoms. The second kappa shape index (κ2) is 10.9. The minimum Gasteiger partial charge on any atom is -0.489 e. The summed E-state index contributed by atoms with van der Waals surface area (Å²) in [5.74, 6) is 1.29. The van der Waals surface area contributed by atoms with Gasteiger partial charge in [0.15, 0.2) is 0 Å². The Kier molecular flexibility index (Phi) is 7.73. The largest absolute Gasteiger partial charge is 0.489 e. The van der Waals surface area contributed by atoms with Gasteiger partial charge in [0, 0.05) is 42.8 Å². The first-order valence-electron chi connectivity index (χ1n) is 11.6. The fraction of sp³-hybridized carbons (Fsp3) is 0.346. The Morgan fingerprint density at radius 3 is 2.83 bits per heavy atom. The normalized spacial score (nSPS) is 11.4. The topological polar surface area (TPSA) is 91.4 Å². The molecule has 1 N–H and O–H groups in total. The van der Waals surface area contributed by atoms with E-state index in [1.165, 1.54) is 0 Å². The van der Waals surface area contributed by atoms with Crippen LogP contribution in [0, 0.1) is 0 Å². The number of aryl methyl sites for hydroxylation is 1. The van der Waals surface area contributed by atoms with Gasteiger partial charge < -0.3 is 23.9 Å². The van der Waals surface area contributed by atoms with Gasteiger partial charge in [0.25, 0.3) is 5.89 Å². The Morgan fingerprint density at radius 2 is 2.09 bits per heavy atom. The summed E-state index contributed by atoms with van der Waals surface area (Å²) in [6.45, 7) is 7.27. The van der Waals surface area contributed by atoms with Crippen molar-refractivity contribution in [2.24, 2.45) is 7.05 Å². The minimum atomic E-state index is -0.198. The molecule has 2 heterocycles. The summed E-state index contributed by atoms with van der Waals surface area (Å²) in [6, 6.07) is 11.4. The molecule has 0 amide bonds. The van der Waals surface area contributed by atoms with Crippen LogP contribution in [-0.2, 0) is 23.1 Å². The molecule has 9 heteroatoms. The number of hydrogen-bond acceptors (Lipinski definition) is 7. The summed E-state index contributed by atoms with van der Waals surface area (Å²) in [4.78, 5) is 16.2. The van der Waals surface area contributed by atoms with Crippen LogP contribution >= 0.6 is 11.6 Å². The molecule has 0 saturated heterocycles. The SMILES string of the molecule is CCOC(=O)CCNCc1cn(C)c2c(-c3noc(-c4ccc(OC(C)C)c(Cl)c4)n3)cccc12. The zero-order valence-corrected chi connectivity index (χ0v) is 21.1. The molecule has 4 aromatic rings. The first-order valence-corrected chi connectivity index (χ1v) is 12.0. The number of hydrogen-bond donors (Lipinski definition) is 1. The fourth-order valence-corrected chi connectivity index (χ4v) is 4.18. The van der Waals surface area contributed by atoms with E-state index < -0.39 is 0 Å². The monoisotopic (exact) mass is 496 g/mol. The van der Waals surface area contributed by atoms with Crippen molar-refractivity contribution >= 4 is 28.5 Å². The van der Waals surface area contributed by atoms with Gasteiger partial charge in [-0.25, -0.2) is 0 Å². The number of ether oxygens (including phenoxy) is 2. The number of fused-ring (bicyclic) bond motifs is 1. The zero-order chi connectivity index (χ0) is 24.9. The van der Waals surface area contributed by atoms with Crippen LogP contribution in [0.4, 0.5) is 0 Å². The highest BCUT2D eigenvalue weighted by molar-refractivity contribution is 6.32. The van der Waals surface area contributed by atoms with Crippen molar-refractivity contribution in [2.75, 3.05) is 13.2 Å². The number of aromatic nitrogens is 3. The summed E-state index contributed by atoms with van der Waals surface area (Å²) in [5.41, 5.74) is 3.70.